The molecule has 0 bridgehead atoms. The van der Waals surface area contributed by atoms with Gasteiger partial charge < -0.3 is 5.32 Å². The van der Waals surface area contributed by atoms with Gasteiger partial charge in [-0.2, -0.15) is 0 Å². The molecule has 1 amide bonds. The quantitative estimate of drug-likeness (QED) is 0.870. The van der Waals surface area contributed by atoms with E-state index < -0.39 is 0 Å². The van der Waals surface area contributed by atoms with Crippen LogP contribution in [0.4, 0.5) is 4.39 Å². The maximum Gasteiger partial charge on any atom is 0.224 e. The minimum atomic E-state index is -0.331. The van der Waals surface area contributed by atoms with Gasteiger partial charge in [0.25, 0.3) is 0 Å². The molecule has 1 aliphatic rings. The third-order valence-corrected chi connectivity index (χ3v) is 3.38. The Morgan fingerprint density at radius 1 is 1.44 bits per heavy atom. The summed E-state index contributed by atoms with van der Waals surface area (Å²) in [4.78, 5) is 11.8. The van der Waals surface area contributed by atoms with Crippen LogP contribution in [0.2, 0.25) is 0 Å². The van der Waals surface area contributed by atoms with Gasteiger partial charge in [-0.05, 0) is 36.1 Å². The first kappa shape index (κ1) is 12.8. The van der Waals surface area contributed by atoms with Crippen molar-refractivity contribution >= 4 is 12.0 Å². The zero-order chi connectivity index (χ0) is 13.0. The van der Waals surface area contributed by atoms with Crippen LogP contribution >= 0.6 is 0 Å². The van der Waals surface area contributed by atoms with E-state index in [1.54, 1.807) is 18.2 Å². The molecule has 1 saturated carbocycles. The zero-order valence-electron chi connectivity index (χ0n) is 10.4. The van der Waals surface area contributed by atoms with Gasteiger partial charge in [-0.3, -0.25) is 4.79 Å². The van der Waals surface area contributed by atoms with Gasteiger partial charge in [-0.25, -0.2) is 4.39 Å². The molecule has 1 aromatic rings. The fourth-order valence-corrected chi connectivity index (χ4v) is 2.38. The first-order valence-corrected chi connectivity index (χ1v) is 6.39. The van der Waals surface area contributed by atoms with Gasteiger partial charge in [0.15, 0.2) is 0 Å². The predicted octanol–water partition coefficient (Wildman–Crippen LogP) is 3.07. The molecule has 0 aromatic heterocycles. The maximum absolute atomic E-state index is 13.6. The molecule has 1 N–H and O–H groups in total. The number of nitrogens with one attached hydrogen (secondary N) is 1. The topological polar surface area (TPSA) is 29.1 Å². The van der Waals surface area contributed by atoms with Gasteiger partial charge in [-0.1, -0.05) is 31.6 Å². The average Bonchev–Trinajstić information content (AvgIpc) is 2.84. The molecule has 0 heterocycles. The summed E-state index contributed by atoms with van der Waals surface area (Å²) in [5.74, 6) is -0.427. The third kappa shape index (κ3) is 3.19. The number of carbonyl (C=O) groups excluding carboxylic acids is 1. The van der Waals surface area contributed by atoms with Crippen molar-refractivity contribution < 1.29 is 9.18 Å². The standard InChI is InChI=1S/C15H18FNO/c1-2-11-7-8-14(16)12(9-11)10-15(18)17-13-5-3-4-6-13/h2,7-9,13H,1,3-6,10H2,(H,17,18). The Morgan fingerprint density at radius 2 is 2.17 bits per heavy atom. The van der Waals surface area contributed by atoms with Crippen molar-refractivity contribution in [2.24, 2.45) is 0 Å². The van der Waals surface area contributed by atoms with Crippen LogP contribution in [0.1, 0.15) is 36.8 Å². The highest BCUT2D eigenvalue weighted by molar-refractivity contribution is 5.79. The summed E-state index contributed by atoms with van der Waals surface area (Å²) >= 11 is 0. The number of hydrogen-bond donors (Lipinski definition) is 1. The summed E-state index contributed by atoms with van der Waals surface area (Å²) in [6.45, 7) is 3.64. The monoisotopic (exact) mass is 247 g/mol. The van der Waals surface area contributed by atoms with Crippen LogP contribution in [0.25, 0.3) is 6.08 Å². The molecule has 0 radical (unpaired) electrons. The Hall–Kier alpha value is -1.64. The smallest absolute Gasteiger partial charge is 0.224 e. The Kier molecular flexibility index (Phi) is 4.13. The van der Waals surface area contributed by atoms with Crippen LogP contribution in [0.3, 0.4) is 0 Å². The van der Waals surface area contributed by atoms with Gasteiger partial charge in [0.1, 0.15) is 5.82 Å². The first-order valence-electron chi connectivity index (χ1n) is 6.39. The van der Waals surface area contributed by atoms with E-state index in [-0.39, 0.29) is 24.2 Å². The molecule has 1 aliphatic carbocycles. The van der Waals surface area contributed by atoms with E-state index in [0.717, 1.165) is 18.4 Å². The number of amides is 1. The van der Waals surface area contributed by atoms with E-state index in [1.807, 2.05) is 0 Å². The summed E-state index contributed by atoms with van der Waals surface area (Å²) in [7, 11) is 0. The summed E-state index contributed by atoms with van der Waals surface area (Å²) in [5, 5.41) is 2.96. The lowest BCUT2D eigenvalue weighted by Gasteiger charge is -2.12. The molecular formula is C15H18FNO. The molecule has 0 aliphatic heterocycles. The van der Waals surface area contributed by atoms with Gasteiger partial charge in [0.2, 0.25) is 5.91 Å². The normalized spacial score (nSPS) is 15.6. The van der Waals surface area contributed by atoms with Crippen LogP contribution in [-0.2, 0) is 11.2 Å². The van der Waals surface area contributed by atoms with E-state index in [0.29, 0.717) is 5.56 Å². The predicted molar refractivity (Wildman–Crippen MR) is 70.6 cm³/mol. The number of carbonyl (C=O) groups is 1. The molecule has 1 fully saturated rings. The van der Waals surface area contributed by atoms with Crippen molar-refractivity contribution in [3.63, 3.8) is 0 Å². The molecular weight excluding hydrogens is 229 g/mol. The lowest BCUT2D eigenvalue weighted by atomic mass is 10.1. The maximum atomic E-state index is 13.6. The highest BCUT2D eigenvalue weighted by Gasteiger charge is 2.17. The number of hydrogen-bond acceptors (Lipinski definition) is 1. The Balaban J connectivity index is 1.99. The van der Waals surface area contributed by atoms with Crippen LogP contribution in [0.5, 0.6) is 0 Å². The van der Waals surface area contributed by atoms with Crippen molar-refractivity contribution in [2.45, 2.75) is 38.1 Å². The van der Waals surface area contributed by atoms with E-state index in [2.05, 4.69) is 11.9 Å². The molecule has 2 nitrogen and oxygen atoms in total. The van der Waals surface area contributed by atoms with Crippen molar-refractivity contribution in [3.8, 4) is 0 Å². The summed E-state index contributed by atoms with van der Waals surface area (Å²) in [6, 6.07) is 5.00. The molecule has 0 spiro atoms. The number of rotatable bonds is 4. The molecule has 0 unspecified atom stereocenters. The highest BCUT2D eigenvalue weighted by atomic mass is 19.1. The van der Waals surface area contributed by atoms with E-state index in [9.17, 15) is 9.18 Å². The number of halogens is 1. The summed E-state index contributed by atoms with van der Waals surface area (Å²) < 4.78 is 13.6. The van der Waals surface area contributed by atoms with E-state index in [1.165, 1.54) is 18.9 Å². The lowest BCUT2D eigenvalue weighted by molar-refractivity contribution is -0.121. The van der Waals surface area contributed by atoms with Crippen LogP contribution in [-0.4, -0.2) is 11.9 Å². The fourth-order valence-electron chi connectivity index (χ4n) is 2.38. The molecule has 0 saturated heterocycles. The molecule has 3 heteroatoms. The average molecular weight is 247 g/mol. The number of benzene rings is 1. The fraction of sp³-hybridized carbons (Fsp3) is 0.400. The molecule has 1 aromatic carbocycles. The minimum absolute atomic E-state index is 0.0954. The first-order chi connectivity index (χ1) is 8.69. The summed E-state index contributed by atoms with van der Waals surface area (Å²) in [6.07, 6.45) is 6.18. The molecule has 0 atom stereocenters. The van der Waals surface area contributed by atoms with Gasteiger partial charge >= 0.3 is 0 Å². The highest BCUT2D eigenvalue weighted by Crippen LogP contribution is 2.18. The van der Waals surface area contributed by atoms with Crippen molar-refractivity contribution in [1.82, 2.24) is 5.32 Å². The van der Waals surface area contributed by atoms with Gasteiger partial charge in [0, 0.05) is 6.04 Å². The summed E-state index contributed by atoms with van der Waals surface area (Å²) in [5.41, 5.74) is 1.27. The molecule has 2 rings (SSSR count). The van der Waals surface area contributed by atoms with Crippen LogP contribution < -0.4 is 5.32 Å². The van der Waals surface area contributed by atoms with E-state index >= 15 is 0 Å². The Morgan fingerprint density at radius 3 is 2.83 bits per heavy atom. The van der Waals surface area contributed by atoms with Crippen molar-refractivity contribution in [3.05, 3.63) is 41.7 Å². The largest absolute Gasteiger partial charge is 0.353 e. The Labute approximate surface area is 107 Å². The lowest BCUT2D eigenvalue weighted by Crippen LogP contribution is -2.33. The van der Waals surface area contributed by atoms with Gasteiger partial charge in [-0.15, -0.1) is 0 Å². The van der Waals surface area contributed by atoms with Crippen LogP contribution in [0, 0.1) is 5.82 Å². The van der Waals surface area contributed by atoms with Crippen molar-refractivity contribution in [1.29, 1.82) is 0 Å². The van der Waals surface area contributed by atoms with Gasteiger partial charge in [0.05, 0.1) is 6.42 Å². The van der Waals surface area contributed by atoms with E-state index in [4.69, 9.17) is 0 Å². The Bertz CT molecular complexity index is 450. The second-order valence-electron chi connectivity index (χ2n) is 4.78. The SMILES string of the molecule is C=Cc1ccc(F)c(CC(=O)NC2CCCC2)c1. The third-order valence-electron chi connectivity index (χ3n) is 3.38. The molecule has 18 heavy (non-hydrogen) atoms. The second-order valence-corrected chi connectivity index (χ2v) is 4.78. The minimum Gasteiger partial charge on any atom is -0.353 e. The van der Waals surface area contributed by atoms with Crippen LogP contribution in [0.15, 0.2) is 24.8 Å². The second kappa shape index (κ2) is 5.80. The zero-order valence-corrected chi connectivity index (χ0v) is 10.4. The van der Waals surface area contributed by atoms with Crippen molar-refractivity contribution in [2.75, 3.05) is 0 Å². The molecule has 96 valence electrons.